The van der Waals surface area contributed by atoms with Crippen LogP contribution in [0.15, 0.2) is 46.2 Å². The van der Waals surface area contributed by atoms with Crippen molar-refractivity contribution >= 4 is 34.9 Å². The van der Waals surface area contributed by atoms with E-state index >= 15 is 0 Å². The smallest absolute Gasteiger partial charge is 0.263 e. The van der Waals surface area contributed by atoms with E-state index in [4.69, 9.17) is 9.47 Å². The van der Waals surface area contributed by atoms with Gasteiger partial charge >= 0.3 is 0 Å². The number of hydrogen-bond donors (Lipinski definition) is 0. The molecule has 3 aliphatic rings. The predicted octanol–water partition coefficient (Wildman–Crippen LogP) is 3.30. The molecule has 0 saturated heterocycles. The highest BCUT2D eigenvalue weighted by molar-refractivity contribution is 8.00. The Kier molecular flexibility index (Phi) is 2.39. The second-order valence-corrected chi connectivity index (χ2v) is 7.17. The highest BCUT2D eigenvalue weighted by Gasteiger charge is 2.48. The van der Waals surface area contributed by atoms with Gasteiger partial charge in [-0.2, -0.15) is 8.78 Å². The minimum atomic E-state index is -1.59. The molecule has 2 nitrogen and oxygen atoms in total. The molecule has 0 aliphatic carbocycles. The van der Waals surface area contributed by atoms with Crippen LogP contribution in [-0.4, -0.2) is 6.71 Å². The van der Waals surface area contributed by atoms with Crippen LogP contribution < -0.4 is 25.9 Å². The van der Waals surface area contributed by atoms with E-state index in [2.05, 4.69) is 0 Å². The normalized spacial score (nSPS) is 14.6. The van der Waals surface area contributed by atoms with E-state index < -0.39 is 24.2 Å². The molecule has 3 aliphatic heterocycles. The Morgan fingerprint density at radius 3 is 1.72 bits per heavy atom. The van der Waals surface area contributed by atoms with Crippen molar-refractivity contribution in [2.45, 2.75) is 9.79 Å². The molecule has 0 N–H and O–H groups in total. The van der Waals surface area contributed by atoms with Crippen LogP contribution in [0.3, 0.4) is 0 Å². The van der Waals surface area contributed by atoms with Crippen molar-refractivity contribution in [2.75, 3.05) is 0 Å². The molecule has 3 heterocycles. The zero-order chi connectivity index (χ0) is 16.9. The Balaban J connectivity index is 1.81. The van der Waals surface area contributed by atoms with Crippen LogP contribution in [0.2, 0.25) is 0 Å². The van der Waals surface area contributed by atoms with Gasteiger partial charge in [0, 0.05) is 15.3 Å². The van der Waals surface area contributed by atoms with Gasteiger partial charge in [-0.05, 0) is 35.2 Å². The minimum absolute atomic E-state index is 0.219. The van der Waals surface area contributed by atoms with E-state index in [1.54, 1.807) is 36.0 Å². The second kappa shape index (κ2) is 4.35. The summed E-state index contributed by atoms with van der Waals surface area (Å²) in [6, 6.07) is 10.9. The van der Waals surface area contributed by atoms with E-state index in [0.717, 1.165) is 20.7 Å². The van der Waals surface area contributed by atoms with Crippen LogP contribution in [-0.2, 0) is 0 Å². The van der Waals surface area contributed by atoms with Gasteiger partial charge in [-0.25, -0.2) is 4.39 Å². The molecule has 0 aromatic heterocycles. The summed E-state index contributed by atoms with van der Waals surface area (Å²) in [5.41, 5.74) is 1.90. The Hall–Kier alpha value is -2.54. The number of ether oxygens (including phenoxy) is 2. The monoisotopic (exact) mass is 354 g/mol. The Bertz CT molecular complexity index is 1050. The molecule has 25 heavy (non-hydrogen) atoms. The molecule has 0 atom stereocenters. The molecule has 3 aromatic rings. The highest BCUT2D eigenvalue weighted by Crippen LogP contribution is 2.44. The molecule has 0 saturated carbocycles. The lowest BCUT2D eigenvalue weighted by molar-refractivity contribution is 0.368. The summed E-state index contributed by atoms with van der Waals surface area (Å²) >= 11 is 1.56. The number of hydrogen-bond acceptors (Lipinski definition) is 3. The fourth-order valence-corrected chi connectivity index (χ4v) is 5.03. The molecule has 7 heteroatoms. The molecule has 0 radical (unpaired) electrons. The molecular formula is C18H6BF3O2S. The van der Waals surface area contributed by atoms with Gasteiger partial charge in [-0.1, -0.05) is 23.9 Å². The van der Waals surface area contributed by atoms with Crippen molar-refractivity contribution in [2.24, 2.45) is 0 Å². The van der Waals surface area contributed by atoms with Crippen LogP contribution in [0.1, 0.15) is 0 Å². The topological polar surface area (TPSA) is 18.5 Å². The lowest BCUT2D eigenvalue weighted by atomic mass is 9.34. The maximum absolute atomic E-state index is 14.4. The maximum Gasteiger partial charge on any atom is 0.263 e. The summed E-state index contributed by atoms with van der Waals surface area (Å²) in [5.74, 6) is -3.91. The van der Waals surface area contributed by atoms with Crippen molar-refractivity contribution in [3.63, 3.8) is 0 Å². The van der Waals surface area contributed by atoms with Gasteiger partial charge in [0.05, 0.1) is 0 Å². The van der Waals surface area contributed by atoms with Gasteiger partial charge < -0.3 is 9.47 Å². The minimum Gasteiger partial charge on any atom is -0.455 e. The maximum atomic E-state index is 14.4. The van der Waals surface area contributed by atoms with Crippen LogP contribution in [0.5, 0.6) is 23.0 Å². The fourth-order valence-electron chi connectivity index (χ4n) is 3.84. The third-order valence-electron chi connectivity index (χ3n) is 4.84. The summed E-state index contributed by atoms with van der Waals surface area (Å²) in [6.45, 7) is -0.434. The molecule has 0 unspecified atom stereocenters. The van der Waals surface area contributed by atoms with Crippen molar-refractivity contribution in [1.82, 2.24) is 0 Å². The standard InChI is InChI=1S/C18H6BF3O2S/c20-14-15(21)17-13-18(16(14)22)24-8-4-2-6-10-12(8)19(13)11-7(23-17)3-1-5-9(11)25-10/h1-6H. The first-order valence-electron chi connectivity index (χ1n) is 7.65. The zero-order valence-electron chi connectivity index (χ0n) is 12.4. The van der Waals surface area contributed by atoms with E-state index in [9.17, 15) is 13.2 Å². The molecule has 3 aromatic carbocycles. The Morgan fingerprint density at radius 2 is 1.20 bits per heavy atom. The first kappa shape index (κ1) is 13.7. The summed E-state index contributed by atoms with van der Waals surface area (Å²) in [4.78, 5) is 1.91. The quantitative estimate of drug-likeness (QED) is 0.308. The zero-order valence-corrected chi connectivity index (χ0v) is 13.2. The van der Waals surface area contributed by atoms with E-state index in [1.807, 2.05) is 12.1 Å². The average molecular weight is 354 g/mol. The predicted molar refractivity (Wildman–Crippen MR) is 88.1 cm³/mol. The van der Waals surface area contributed by atoms with Gasteiger partial charge in [0.25, 0.3) is 6.71 Å². The van der Waals surface area contributed by atoms with Crippen molar-refractivity contribution in [3.05, 3.63) is 53.8 Å². The van der Waals surface area contributed by atoms with Crippen LogP contribution in [0.25, 0.3) is 0 Å². The summed E-state index contributed by atoms with van der Waals surface area (Å²) < 4.78 is 54.2. The number of benzene rings is 3. The molecule has 0 spiro atoms. The van der Waals surface area contributed by atoms with Crippen molar-refractivity contribution < 1.29 is 22.6 Å². The second-order valence-electron chi connectivity index (χ2n) is 6.09. The first-order valence-corrected chi connectivity index (χ1v) is 8.46. The summed E-state index contributed by atoms with van der Waals surface area (Å²) in [6.07, 6.45) is 0. The van der Waals surface area contributed by atoms with Crippen LogP contribution in [0.4, 0.5) is 13.2 Å². The lowest BCUT2D eigenvalue weighted by Gasteiger charge is -2.37. The van der Waals surface area contributed by atoms with Gasteiger partial charge in [0.1, 0.15) is 11.5 Å². The Labute approximate surface area is 144 Å². The largest absolute Gasteiger partial charge is 0.455 e. The fraction of sp³-hybridized carbons (Fsp3) is 0. The van der Waals surface area contributed by atoms with E-state index in [1.165, 1.54) is 0 Å². The number of halogens is 3. The molecular weight excluding hydrogens is 348 g/mol. The van der Waals surface area contributed by atoms with Gasteiger partial charge in [0.2, 0.25) is 17.5 Å². The van der Waals surface area contributed by atoms with Gasteiger partial charge in [-0.15, -0.1) is 0 Å². The lowest BCUT2D eigenvalue weighted by Crippen LogP contribution is -2.60. The first-order chi connectivity index (χ1) is 12.1. The Morgan fingerprint density at radius 1 is 0.680 bits per heavy atom. The highest BCUT2D eigenvalue weighted by atomic mass is 32.2. The van der Waals surface area contributed by atoms with E-state index in [0.29, 0.717) is 11.5 Å². The van der Waals surface area contributed by atoms with E-state index in [-0.39, 0.29) is 17.0 Å². The SMILES string of the molecule is Fc1c(F)c2c3c(c1F)Oc1cccc4c1B3c1c(cccc1S4)O2. The third-order valence-corrected chi connectivity index (χ3v) is 5.99. The molecule has 6 rings (SSSR count). The van der Waals surface area contributed by atoms with Crippen molar-refractivity contribution in [1.29, 1.82) is 0 Å². The van der Waals surface area contributed by atoms with Gasteiger partial charge in [0.15, 0.2) is 11.5 Å². The number of rotatable bonds is 0. The summed E-state index contributed by atoms with van der Waals surface area (Å²) in [5, 5.41) is 0. The van der Waals surface area contributed by atoms with Crippen molar-refractivity contribution in [3.8, 4) is 23.0 Å². The average Bonchev–Trinajstić information content (AvgIpc) is 2.64. The molecule has 0 fully saturated rings. The van der Waals surface area contributed by atoms with Crippen LogP contribution >= 0.6 is 11.8 Å². The molecule has 0 amide bonds. The molecule has 120 valence electrons. The van der Waals surface area contributed by atoms with Crippen LogP contribution in [0, 0.1) is 17.5 Å². The summed E-state index contributed by atoms with van der Waals surface area (Å²) in [7, 11) is 0. The molecule has 0 bridgehead atoms. The van der Waals surface area contributed by atoms with Gasteiger partial charge in [-0.3, -0.25) is 0 Å². The third kappa shape index (κ3) is 1.51.